The van der Waals surface area contributed by atoms with E-state index in [-0.39, 0.29) is 24.7 Å². The van der Waals surface area contributed by atoms with Crippen molar-refractivity contribution in [2.45, 2.75) is 26.3 Å². The van der Waals surface area contributed by atoms with Crippen molar-refractivity contribution in [3.63, 3.8) is 0 Å². The number of nitrogens with zero attached hydrogens (tertiary/aromatic N) is 5. The molecule has 0 radical (unpaired) electrons. The second-order valence-electron chi connectivity index (χ2n) is 6.21. The summed E-state index contributed by atoms with van der Waals surface area (Å²) in [6.45, 7) is 2.15. The number of rotatable bonds is 6. The van der Waals surface area contributed by atoms with E-state index in [4.69, 9.17) is 4.52 Å². The van der Waals surface area contributed by atoms with Crippen molar-refractivity contribution in [2.24, 2.45) is 0 Å². The van der Waals surface area contributed by atoms with E-state index in [1.54, 1.807) is 28.8 Å². The second kappa shape index (κ2) is 7.55. The highest BCUT2D eigenvalue weighted by Gasteiger charge is 2.12. The van der Waals surface area contributed by atoms with Crippen LogP contribution in [0.15, 0.2) is 47.1 Å². The Morgan fingerprint density at radius 1 is 1.25 bits per heavy atom. The van der Waals surface area contributed by atoms with Gasteiger partial charge in [0.05, 0.1) is 13.0 Å². The molecule has 8 nitrogen and oxygen atoms in total. The zero-order valence-electron chi connectivity index (χ0n) is 15.1. The number of carbonyl (C=O) groups excluding carboxylic acids is 1. The van der Waals surface area contributed by atoms with Gasteiger partial charge in [-0.2, -0.15) is 4.98 Å². The van der Waals surface area contributed by atoms with Crippen LogP contribution in [0.4, 0.5) is 4.39 Å². The SMILES string of the molecule is CCc1noc(-c2ccn3c(CNC(=O)Cc4cccc(F)c4)nnc3c2)n1. The fourth-order valence-corrected chi connectivity index (χ4v) is 2.78. The third kappa shape index (κ3) is 3.73. The van der Waals surface area contributed by atoms with Crippen molar-refractivity contribution >= 4 is 11.6 Å². The molecule has 0 aliphatic carbocycles. The molecule has 9 heteroatoms. The number of halogens is 1. The van der Waals surface area contributed by atoms with Crippen LogP contribution in [0, 0.1) is 5.82 Å². The van der Waals surface area contributed by atoms with Gasteiger partial charge in [0, 0.05) is 18.2 Å². The highest BCUT2D eigenvalue weighted by Crippen LogP contribution is 2.19. The number of hydrogen-bond donors (Lipinski definition) is 1. The van der Waals surface area contributed by atoms with E-state index in [1.165, 1.54) is 12.1 Å². The van der Waals surface area contributed by atoms with Gasteiger partial charge in [-0.05, 0) is 29.8 Å². The minimum atomic E-state index is -0.364. The van der Waals surface area contributed by atoms with E-state index >= 15 is 0 Å². The Labute approximate surface area is 159 Å². The molecular weight excluding hydrogens is 363 g/mol. The van der Waals surface area contributed by atoms with E-state index in [9.17, 15) is 9.18 Å². The predicted molar refractivity (Wildman–Crippen MR) is 97.6 cm³/mol. The maximum absolute atomic E-state index is 13.2. The number of pyridine rings is 1. The zero-order valence-corrected chi connectivity index (χ0v) is 15.1. The molecule has 28 heavy (non-hydrogen) atoms. The van der Waals surface area contributed by atoms with Crippen molar-refractivity contribution in [2.75, 3.05) is 0 Å². The Morgan fingerprint density at radius 3 is 2.93 bits per heavy atom. The molecule has 0 aliphatic heterocycles. The molecule has 0 spiro atoms. The molecule has 0 aliphatic rings. The maximum atomic E-state index is 13.2. The predicted octanol–water partition coefficient (Wildman–Crippen LogP) is 2.34. The quantitative estimate of drug-likeness (QED) is 0.551. The lowest BCUT2D eigenvalue weighted by Crippen LogP contribution is -2.25. The number of nitrogens with one attached hydrogen (secondary N) is 1. The molecule has 1 aromatic carbocycles. The van der Waals surface area contributed by atoms with Crippen LogP contribution in [-0.4, -0.2) is 30.6 Å². The summed E-state index contributed by atoms with van der Waals surface area (Å²) in [5, 5.41) is 14.9. The third-order valence-electron chi connectivity index (χ3n) is 4.21. The average Bonchev–Trinajstić information content (AvgIpc) is 3.33. The normalized spacial score (nSPS) is 11.1. The topological polar surface area (TPSA) is 98.2 Å². The van der Waals surface area contributed by atoms with Gasteiger partial charge in [-0.1, -0.05) is 24.2 Å². The van der Waals surface area contributed by atoms with Gasteiger partial charge in [0.2, 0.25) is 5.91 Å². The summed E-state index contributed by atoms with van der Waals surface area (Å²) < 4.78 is 20.2. The molecule has 142 valence electrons. The Kier molecular flexibility index (Phi) is 4.79. The van der Waals surface area contributed by atoms with Gasteiger partial charge in [-0.15, -0.1) is 10.2 Å². The molecule has 0 atom stereocenters. The standard InChI is InChI=1S/C19H17FN6O2/c1-2-15-22-19(28-25-15)13-6-7-26-16(10-13)23-24-17(26)11-21-18(27)9-12-4-3-5-14(20)8-12/h3-8,10H,2,9,11H2,1H3,(H,21,27). The lowest BCUT2D eigenvalue weighted by atomic mass is 10.1. The molecule has 4 rings (SSSR count). The first-order valence-corrected chi connectivity index (χ1v) is 8.80. The van der Waals surface area contributed by atoms with Crippen molar-refractivity contribution in [1.82, 2.24) is 30.1 Å². The van der Waals surface area contributed by atoms with Gasteiger partial charge in [-0.25, -0.2) is 4.39 Å². The van der Waals surface area contributed by atoms with Gasteiger partial charge >= 0.3 is 0 Å². The Morgan fingerprint density at radius 2 is 2.14 bits per heavy atom. The van der Waals surface area contributed by atoms with Crippen molar-refractivity contribution < 1.29 is 13.7 Å². The molecule has 0 saturated carbocycles. The van der Waals surface area contributed by atoms with Crippen LogP contribution < -0.4 is 5.32 Å². The van der Waals surface area contributed by atoms with Gasteiger partial charge < -0.3 is 9.84 Å². The lowest BCUT2D eigenvalue weighted by molar-refractivity contribution is -0.120. The van der Waals surface area contributed by atoms with Crippen molar-refractivity contribution in [3.8, 4) is 11.5 Å². The molecule has 1 N–H and O–H groups in total. The van der Waals surface area contributed by atoms with E-state index in [1.807, 2.05) is 13.0 Å². The van der Waals surface area contributed by atoms with Gasteiger partial charge in [0.15, 0.2) is 17.3 Å². The van der Waals surface area contributed by atoms with E-state index in [0.717, 1.165) is 5.56 Å². The lowest BCUT2D eigenvalue weighted by Gasteiger charge is -2.05. The van der Waals surface area contributed by atoms with Crippen LogP contribution in [0.5, 0.6) is 0 Å². The molecule has 0 bridgehead atoms. The first kappa shape index (κ1) is 17.8. The summed E-state index contributed by atoms with van der Waals surface area (Å²) in [6.07, 6.45) is 2.57. The Balaban J connectivity index is 1.45. The van der Waals surface area contributed by atoms with Gasteiger partial charge in [-0.3, -0.25) is 9.20 Å². The largest absolute Gasteiger partial charge is 0.348 e. The number of carbonyl (C=O) groups is 1. The molecule has 4 aromatic rings. The summed E-state index contributed by atoms with van der Waals surface area (Å²) in [7, 11) is 0. The summed E-state index contributed by atoms with van der Waals surface area (Å²) in [5.74, 6) is 1.05. The molecule has 0 saturated heterocycles. The van der Waals surface area contributed by atoms with Crippen LogP contribution in [0.25, 0.3) is 17.1 Å². The zero-order chi connectivity index (χ0) is 19.5. The number of hydrogen-bond acceptors (Lipinski definition) is 6. The third-order valence-corrected chi connectivity index (χ3v) is 4.21. The monoisotopic (exact) mass is 380 g/mol. The molecule has 1 amide bonds. The van der Waals surface area contributed by atoms with Crippen molar-refractivity contribution in [3.05, 3.63) is 65.6 Å². The number of aromatic nitrogens is 5. The van der Waals surface area contributed by atoms with Crippen molar-refractivity contribution in [1.29, 1.82) is 0 Å². The number of aryl methyl sites for hydroxylation is 1. The maximum Gasteiger partial charge on any atom is 0.258 e. The van der Waals surface area contributed by atoms with Gasteiger partial charge in [0.25, 0.3) is 5.89 Å². The Hall–Kier alpha value is -3.62. The highest BCUT2D eigenvalue weighted by molar-refractivity contribution is 5.78. The minimum absolute atomic E-state index is 0.0928. The first-order chi connectivity index (χ1) is 13.6. The first-order valence-electron chi connectivity index (χ1n) is 8.80. The summed E-state index contributed by atoms with van der Waals surface area (Å²) >= 11 is 0. The Bertz CT molecular complexity index is 1140. The highest BCUT2D eigenvalue weighted by atomic mass is 19.1. The van der Waals surface area contributed by atoms with Gasteiger partial charge in [0.1, 0.15) is 5.82 Å². The van der Waals surface area contributed by atoms with Crippen LogP contribution >= 0.6 is 0 Å². The summed E-state index contributed by atoms with van der Waals surface area (Å²) in [5.41, 5.74) is 1.95. The molecule has 3 aromatic heterocycles. The van der Waals surface area contributed by atoms with Crippen LogP contribution in [0.2, 0.25) is 0 Å². The van der Waals surface area contributed by atoms with E-state index < -0.39 is 0 Å². The fraction of sp³-hybridized carbons (Fsp3) is 0.211. The average molecular weight is 380 g/mol. The van der Waals surface area contributed by atoms with Crippen LogP contribution in [0.1, 0.15) is 24.1 Å². The fourth-order valence-electron chi connectivity index (χ4n) is 2.78. The number of fused-ring (bicyclic) bond motifs is 1. The second-order valence-corrected chi connectivity index (χ2v) is 6.21. The van der Waals surface area contributed by atoms with Crippen LogP contribution in [-0.2, 0) is 24.2 Å². The van der Waals surface area contributed by atoms with E-state index in [0.29, 0.717) is 35.2 Å². The summed E-state index contributed by atoms with van der Waals surface area (Å²) in [6, 6.07) is 9.58. The van der Waals surface area contributed by atoms with E-state index in [2.05, 4.69) is 25.7 Å². The molecular formula is C19H17FN6O2. The molecule has 0 unspecified atom stereocenters. The molecule has 3 heterocycles. The molecule has 0 fully saturated rings. The number of benzene rings is 1. The van der Waals surface area contributed by atoms with Crippen LogP contribution in [0.3, 0.4) is 0 Å². The summed E-state index contributed by atoms with van der Waals surface area (Å²) in [4.78, 5) is 16.4. The smallest absolute Gasteiger partial charge is 0.258 e. The number of amides is 1. The minimum Gasteiger partial charge on any atom is -0.348 e.